The molecule has 2 saturated heterocycles. The van der Waals surface area contributed by atoms with Gasteiger partial charge in [-0.3, -0.25) is 4.90 Å². The van der Waals surface area contributed by atoms with Gasteiger partial charge in [0, 0.05) is 31.2 Å². The topological polar surface area (TPSA) is 41.3 Å². The van der Waals surface area contributed by atoms with Crippen molar-refractivity contribution in [2.45, 2.75) is 32.4 Å². The normalized spacial score (nSPS) is 24.2. The number of fused-ring (bicyclic) bond motifs is 1. The summed E-state index contributed by atoms with van der Waals surface area (Å²) in [5.41, 5.74) is 3.35. The predicted molar refractivity (Wildman–Crippen MR) is 93.7 cm³/mol. The Hall–Kier alpha value is -1.36. The van der Waals surface area contributed by atoms with Gasteiger partial charge in [-0.1, -0.05) is 17.7 Å². The van der Waals surface area contributed by atoms with Crippen LogP contribution in [-0.4, -0.2) is 35.6 Å². The van der Waals surface area contributed by atoms with Crippen LogP contribution in [0.4, 0.5) is 0 Å². The SMILES string of the molecule is Cc1ccc(-c2nc(CN3CCC4NCCC4C3)co2)cc1.Cl. The minimum absolute atomic E-state index is 0. The van der Waals surface area contributed by atoms with Crippen LogP contribution in [0.2, 0.25) is 0 Å². The number of hydrogen-bond donors (Lipinski definition) is 1. The first-order valence-corrected chi connectivity index (χ1v) is 8.25. The molecule has 1 aromatic heterocycles. The van der Waals surface area contributed by atoms with Crippen molar-refractivity contribution in [3.8, 4) is 11.5 Å². The van der Waals surface area contributed by atoms with Crippen LogP contribution in [0.3, 0.4) is 0 Å². The van der Waals surface area contributed by atoms with Crippen LogP contribution in [0.1, 0.15) is 24.1 Å². The number of halogens is 1. The van der Waals surface area contributed by atoms with Crippen molar-refractivity contribution in [2.75, 3.05) is 19.6 Å². The van der Waals surface area contributed by atoms with Crippen LogP contribution in [0, 0.1) is 12.8 Å². The van der Waals surface area contributed by atoms with E-state index in [0.717, 1.165) is 42.2 Å². The standard InChI is InChI=1S/C18H23N3O.ClH/c1-13-2-4-14(5-3-13)18-20-16(12-22-18)11-21-9-7-17-15(10-21)6-8-19-17;/h2-5,12,15,17,19H,6-11H2,1H3;1H. The molecule has 124 valence electrons. The van der Waals surface area contributed by atoms with Crippen molar-refractivity contribution in [1.29, 1.82) is 0 Å². The Labute approximate surface area is 143 Å². The van der Waals surface area contributed by atoms with Gasteiger partial charge in [-0.25, -0.2) is 4.98 Å². The van der Waals surface area contributed by atoms with Crippen molar-refractivity contribution in [1.82, 2.24) is 15.2 Å². The Kier molecular flexibility index (Phi) is 5.05. The largest absolute Gasteiger partial charge is 0.444 e. The maximum atomic E-state index is 5.67. The summed E-state index contributed by atoms with van der Waals surface area (Å²) in [6, 6.07) is 9.08. The smallest absolute Gasteiger partial charge is 0.226 e. The van der Waals surface area contributed by atoms with Gasteiger partial charge in [0.1, 0.15) is 6.26 Å². The molecule has 2 aromatic rings. The van der Waals surface area contributed by atoms with Gasteiger partial charge in [0.05, 0.1) is 5.69 Å². The summed E-state index contributed by atoms with van der Waals surface area (Å²) in [6.45, 7) is 6.51. The quantitative estimate of drug-likeness (QED) is 0.936. The van der Waals surface area contributed by atoms with Crippen molar-refractivity contribution < 1.29 is 4.42 Å². The average Bonchev–Trinajstić information content (AvgIpc) is 3.17. The fraction of sp³-hybridized carbons (Fsp3) is 0.500. The Morgan fingerprint density at radius 2 is 2.09 bits per heavy atom. The molecule has 0 saturated carbocycles. The minimum atomic E-state index is 0. The molecule has 0 radical (unpaired) electrons. The van der Waals surface area contributed by atoms with E-state index in [1.807, 2.05) is 6.26 Å². The zero-order valence-corrected chi connectivity index (χ0v) is 14.3. The molecule has 23 heavy (non-hydrogen) atoms. The number of likely N-dealkylation sites (tertiary alicyclic amines) is 1. The van der Waals surface area contributed by atoms with E-state index in [0.29, 0.717) is 0 Å². The fourth-order valence-corrected chi connectivity index (χ4v) is 3.70. The third-order valence-electron chi connectivity index (χ3n) is 4.98. The lowest BCUT2D eigenvalue weighted by atomic mass is 9.93. The number of benzene rings is 1. The number of aryl methyl sites for hydroxylation is 1. The lowest BCUT2D eigenvalue weighted by molar-refractivity contribution is 0.154. The molecule has 2 unspecified atom stereocenters. The van der Waals surface area contributed by atoms with Crippen LogP contribution in [0.15, 0.2) is 34.9 Å². The van der Waals surface area contributed by atoms with Gasteiger partial charge in [-0.2, -0.15) is 0 Å². The fourth-order valence-electron chi connectivity index (χ4n) is 3.70. The summed E-state index contributed by atoms with van der Waals surface area (Å²) < 4.78 is 5.67. The molecule has 2 aliphatic heterocycles. The summed E-state index contributed by atoms with van der Waals surface area (Å²) in [4.78, 5) is 7.18. The van der Waals surface area contributed by atoms with Crippen LogP contribution in [0.5, 0.6) is 0 Å². The van der Waals surface area contributed by atoms with E-state index in [9.17, 15) is 0 Å². The molecule has 0 spiro atoms. The Bertz CT molecular complexity index is 640. The van der Waals surface area contributed by atoms with Gasteiger partial charge < -0.3 is 9.73 Å². The zero-order chi connectivity index (χ0) is 14.9. The monoisotopic (exact) mass is 333 g/mol. The number of aromatic nitrogens is 1. The van der Waals surface area contributed by atoms with Crippen molar-refractivity contribution >= 4 is 12.4 Å². The summed E-state index contributed by atoms with van der Waals surface area (Å²) >= 11 is 0. The Balaban J connectivity index is 0.00000156. The molecule has 1 aromatic carbocycles. The second-order valence-corrected chi connectivity index (χ2v) is 6.64. The van der Waals surface area contributed by atoms with Crippen molar-refractivity contribution in [2.24, 2.45) is 5.92 Å². The molecule has 4 nitrogen and oxygen atoms in total. The number of piperidine rings is 1. The molecule has 0 aliphatic carbocycles. The molecule has 4 rings (SSSR count). The average molecular weight is 334 g/mol. The first kappa shape index (κ1) is 16.5. The highest BCUT2D eigenvalue weighted by Crippen LogP contribution is 2.26. The van der Waals surface area contributed by atoms with E-state index in [2.05, 4.69) is 46.4 Å². The number of nitrogens with zero attached hydrogens (tertiary/aromatic N) is 2. The molecule has 0 bridgehead atoms. The number of rotatable bonds is 3. The molecular formula is C18H24ClN3O. The molecular weight excluding hydrogens is 310 g/mol. The lowest BCUT2D eigenvalue weighted by Gasteiger charge is -2.34. The van der Waals surface area contributed by atoms with Gasteiger partial charge >= 0.3 is 0 Å². The van der Waals surface area contributed by atoms with Crippen LogP contribution >= 0.6 is 12.4 Å². The van der Waals surface area contributed by atoms with Gasteiger partial charge in [0.15, 0.2) is 0 Å². The highest BCUT2D eigenvalue weighted by molar-refractivity contribution is 5.85. The maximum Gasteiger partial charge on any atom is 0.226 e. The Morgan fingerprint density at radius 1 is 1.26 bits per heavy atom. The first-order chi connectivity index (χ1) is 10.8. The highest BCUT2D eigenvalue weighted by atomic mass is 35.5. The Morgan fingerprint density at radius 3 is 2.91 bits per heavy atom. The molecule has 5 heteroatoms. The van der Waals surface area contributed by atoms with Crippen LogP contribution in [0.25, 0.3) is 11.5 Å². The second-order valence-electron chi connectivity index (χ2n) is 6.64. The van der Waals surface area contributed by atoms with Crippen molar-refractivity contribution in [3.63, 3.8) is 0 Å². The predicted octanol–water partition coefficient (Wildman–Crippen LogP) is 3.26. The number of hydrogen-bond acceptors (Lipinski definition) is 4. The van der Waals surface area contributed by atoms with Crippen LogP contribution in [-0.2, 0) is 6.54 Å². The van der Waals surface area contributed by atoms with Crippen LogP contribution < -0.4 is 5.32 Å². The van der Waals surface area contributed by atoms with E-state index < -0.39 is 0 Å². The van der Waals surface area contributed by atoms with E-state index in [1.165, 1.54) is 31.5 Å². The highest BCUT2D eigenvalue weighted by Gasteiger charge is 2.32. The second kappa shape index (κ2) is 7.04. The number of nitrogens with one attached hydrogen (secondary N) is 1. The minimum Gasteiger partial charge on any atom is -0.444 e. The molecule has 2 aliphatic rings. The molecule has 0 amide bonds. The summed E-state index contributed by atoms with van der Waals surface area (Å²) in [5, 5.41) is 3.61. The van der Waals surface area contributed by atoms with Gasteiger partial charge in [0.25, 0.3) is 0 Å². The molecule has 2 atom stereocenters. The van der Waals surface area contributed by atoms with Gasteiger partial charge in [-0.05, 0) is 44.4 Å². The van der Waals surface area contributed by atoms with E-state index in [-0.39, 0.29) is 12.4 Å². The third kappa shape index (κ3) is 3.60. The van der Waals surface area contributed by atoms with E-state index in [4.69, 9.17) is 4.42 Å². The zero-order valence-electron chi connectivity index (χ0n) is 13.5. The summed E-state index contributed by atoms with van der Waals surface area (Å²) in [7, 11) is 0. The summed E-state index contributed by atoms with van der Waals surface area (Å²) in [5.74, 6) is 1.55. The maximum absolute atomic E-state index is 5.67. The van der Waals surface area contributed by atoms with Gasteiger partial charge in [0.2, 0.25) is 5.89 Å². The van der Waals surface area contributed by atoms with Gasteiger partial charge in [-0.15, -0.1) is 12.4 Å². The molecule has 1 N–H and O–H groups in total. The molecule has 2 fully saturated rings. The number of oxazole rings is 1. The van der Waals surface area contributed by atoms with Crippen molar-refractivity contribution in [3.05, 3.63) is 41.8 Å². The van der Waals surface area contributed by atoms with E-state index in [1.54, 1.807) is 0 Å². The first-order valence-electron chi connectivity index (χ1n) is 8.25. The van der Waals surface area contributed by atoms with E-state index >= 15 is 0 Å². The third-order valence-corrected chi connectivity index (χ3v) is 4.98. The molecule has 3 heterocycles. The lowest BCUT2D eigenvalue weighted by Crippen LogP contribution is -2.43. The summed E-state index contributed by atoms with van der Waals surface area (Å²) in [6.07, 6.45) is 4.39.